The summed E-state index contributed by atoms with van der Waals surface area (Å²) < 4.78 is 32.1. The molecule has 0 aliphatic carbocycles. The molecule has 15 nitrogen and oxygen atoms in total. The monoisotopic (exact) mass is 804 g/mol. The fraction of sp³-hybridized carbons (Fsp3) is 0.405. The minimum absolute atomic E-state index is 0.0172. The van der Waals surface area contributed by atoms with Crippen molar-refractivity contribution in [2.75, 3.05) is 56.0 Å². The summed E-state index contributed by atoms with van der Waals surface area (Å²) in [5.74, 6) is -0.406. The average molecular weight is 805 g/mol. The van der Waals surface area contributed by atoms with E-state index < -0.39 is 17.7 Å². The first-order valence-electron chi connectivity index (χ1n) is 20.2. The second kappa shape index (κ2) is 15.6. The Labute approximate surface area is 340 Å². The summed E-state index contributed by atoms with van der Waals surface area (Å²) in [5, 5.41) is 8.13. The van der Waals surface area contributed by atoms with Gasteiger partial charge in [0.2, 0.25) is 11.9 Å². The highest BCUT2D eigenvalue weighted by Gasteiger charge is 2.37. The number of imide groups is 1. The van der Waals surface area contributed by atoms with Gasteiger partial charge >= 0.3 is 6.03 Å². The molecule has 0 saturated carbocycles. The first kappa shape index (κ1) is 38.4. The van der Waals surface area contributed by atoms with E-state index >= 15 is 8.78 Å². The number of hydrogen-bond acceptors (Lipinski definition) is 11. The van der Waals surface area contributed by atoms with E-state index in [1.165, 1.54) is 16.1 Å². The van der Waals surface area contributed by atoms with Gasteiger partial charge in [0, 0.05) is 75.4 Å². The summed E-state index contributed by atoms with van der Waals surface area (Å²) in [4.78, 5) is 61.9. The van der Waals surface area contributed by atoms with Crippen molar-refractivity contribution in [1.82, 2.24) is 49.6 Å². The number of nitrogens with one attached hydrogen (secondary N) is 2. The molecule has 0 bridgehead atoms. The summed E-state index contributed by atoms with van der Waals surface area (Å²) in [6.07, 6.45) is 5.17. The number of piperazine rings is 1. The highest BCUT2D eigenvalue weighted by molar-refractivity contribution is 6.02. The number of nitrogens with zero attached hydrogens (tertiary/aromatic N) is 10. The smallest absolute Gasteiger partial charge is 0.342 e. The number of amides is 4. The molecule has 9 rings (SSSR count). The van der Waals surface area contributed by atoms with Crippen LogP contribution in [-0.2, 0) is 17.9 Å². The van der Waals surface area contributed by atoms with E-state index in [2.05, 4.69) is 51.3 Å². The van der Waals surface area contributed by atoms with E-state index in [0.717, 1.165) is 81.7 Å². The maximum atomic E-state index is 15.2. The molecule has 0 radical (unpaired) electrons. The van der Waals surface area contributed by atoms with Crippen LogP contribution in [0.5, 0.6) is 0 Å². The lowest BCUT2D eigenvalue weighted by molar-refractivity contribution is -0.123. The Bertz CT molecular complexity index is 2440. The van der Waals surface area contributed by atoms with Crippen LogP contribution in [0.25, 0.3) is 22.3 Å². The number of rotatable bonds is 9. The fourth-order valence-corrected chi connectivity index (χ4v) is 8.92. The Morgan fingerprint density at radius 3 is 2.39 bits per heavy atom. The van der Waals surface area contributed by atoms with Gasteiger partial charge in [-0.25, -0.2) is 43.5 Å². The normalized spacial score (nSPS) is 18.3. The third-order valence-electron chi connectivity index (χ3n) is 11.9. The highest BCUT2D eigenvalue weighted by atomic mass is 19.1. The lowest BCUT2D eigenvalue weighted by Crippen LogP contribution is -2.56. The topological polar surface area (TPSA) is 148 Å². The number of imidazole rings is 1. The summed E-state index contributed by atoms with van der Waals surface area (Å²) in [6.45, 7) is 12.8. The maximum Gasteiger partial charge on any atom is 0.342 e. The van der Waals surface area contributed by atoms with Crippen LogP contribution in [0.4, 0.5) is 31.0 Å². The van der Waals surface area contributed by atoms with Gasteiger partial charge in [-0.3, -0.25) is 24.7 Å². The summed E-state index contributed by atoms with van der Waals surface area (Å²) in [5.41, 5.74) is 4.76. The molecule has 17 heteroatoms. The van der Waals surface area contributed by atoms with E-state index in [1.54, 1.807) is 6.07 Å². The molecule has 59 heavy (non-hydrogen) atoms. The number of hydrogen-bond donors (Lipinski definition) is 2. The number of anilines is 3. The van der Waals surface area contributed by atoms with E-state index in [9.17, 15) is 14.4 Å². The van der Waals surface area contributed by atoms with E-state index in [0.29, 0.717) is 40.9 Å². The Morgan fingerprint density at radius 2 is 1.66 bits per heavy atom. The van der Waals surface area contributed by atoms with Gasteiger partial charge in [-0.05, 0) is 75.1 Å². The highest BCUT2D eigenvalue weighted by Crippen LogP contribution is 2.32. The minimum Gasteiger partial charge on any atom is -0.370 e. The molecule has 3 saturated heterocycles. The van der Waals surface area contributed by atoms with E-state index in [4.69, 9.17) is 0 Å². The molecule has 4 amide bonds. The number of carbonyl (C=O) groups is 3. The lowest BCUT2D eigenvalue weighted by atomic mass is 10.0. The maximum absolute atomic E-state index is 15.2. The molecule has 0 unspecified atom stereocenters. The molecule has 2 N–H and O–H groups in total. The zero-order chi connectivity index (χ0) is 40.9. The number of halogens is 2. The number of aromatic nitrogens is 5. The van der Waals surface area contributed by atoms with Crippen molar-refractivity contribution < 1.29 is 23.2 Å². The number of urea groups is 1. The Morgan fingerprint density at radius 1 is 0.864 bits per heavy atom. The largest absolute Gasteiger partial charge is 0.370 e. The predicted molar refractivity (Wildman–Crippen MR) is 217 cm³/mol. The van der Waals surface area contributed by atoms with Crippen molar-refractivity contribution in [1.29, 1.82) is 0 Å². The van der Waals surface area contributed by atoms with Crippen LogP contribution in [0.1, 0.15) is 66.5 Å². The zero-order valence-corrected chi connectivity index (χ0v) is 33.3. The molecule has 0 atom stereocenters. The molecule has 5 aromatic rings. The van der Waals surface area contributed by atoms with Gasteiger partial charge in [0.1, 0.15) is 22.9 Å². The van der Waals surface area contributed by atoms with E-state index in [1.807, 2.05) is 55.8 Å². The molecular weight excluding hydrogens is 759 g/mol. The van der Waals surface area contributed by atoms with Crippen molar-refractivity contribution >= 4 is 46.3 Å². The minimum atomic E-state index is -0.661. The zero-order valence-electron chi connectivity index (χ0n) is 33.3. The molecule has 3 fully saturated rings. The first-order valence-corrected chi connectivity index (χ1v) is 20.2. The molecule has 0 spiro atoms. The van der Waals surface area contributed by atoms with Gasteiger partial charge in [-0.15, -0.1) is 0 Å². The van der Waals surface area contributed by atoms with Crippen LogP contribution in [0, 0.1) is 18.6 Å². The molecule has 7 heterocycles. The molecule has 3 aromatic heterocycles. The van der Waals surface area contributed by atoms with Crippen molar-refractivity contribution in [2.45, 2.75) is 65.2 Å². The van der Waals surface area contributed by atoms with Gasteiger partial charge in [-0.2, -0.15) is 0 Å². The lowest BCUT2D eigenvalue weighted by Gasteiger charge is -2.43. The number of pyridine rings is 1. The third kappa shape index (κ3) is 7.55. The number of fused-ring (bicyclic) bond motifs is 2. The van der Waals surface area contributed by atoms with Crippen molar-refractivity contribution in [3.05, 3.63) is 89.0 Å². The van der Waals surface area contributed by atoms with Crippen LogP contribution in [0.3, 0.4) is 0 Å². The fourth-order valence-electron chi connectivity index (χ4n) is 8.92. The summed E-state index contributed by atoms with van der Waals surface area (Å²) in [7, 11) is 0. The summed E-state index contributed by atoms with van der Waals surface area (Å²) >= 11 is 0. The van der Waals surface area contributed by atoms with Crippen molar-refractivity contribution in [3.63, 3.8) is 0 Å². The van der Waals surface area contributed by atoms with Crippen LogP contribution in [0.2, 0.25) is 0 Å². The molecular formula is C42H46F2N12O3. The molecule has 2 aromatic carbocycles. The first-order chi connectivity index (χ1) is 28.5. The van der Waals surface area contributed by atoms with Crippen molar-refractivity contribution in [2.24, 2.45) is 0 Å². The van der Waals surface area contributed by atoms with Crippen LogP contribution in [-0.4, -0.2) is 114 Å². The number of aryl methyl sites for hydroxylation is 1. The van der Waals surface area contributed by atoms with Gasteiger partial charge < -0.3 is 14.8 Å². The quantitative estimate of drug-likeness (QED) is 0.198. The molecule has 306 valence electrons. The van der Waals surface area contributed by atoms with Gasteiger partial charge in [0.25, 0.3) is 5.91 Å². The second-order valence-electron chi connectivity index (χ2n) is 16.0. The predicted octanol–water partition coefficient (Wildman–Crippen LogP) is 5.40. The SMILES string of the molecule is Cc1nc2c(F)cc(-c3nc(Nc4ccc(N5CCC(N6CCN(Cc7ccc8c(c7)CN(N7CCC(=O)NC7=O)C8=O)CC6)CC5)cn4)ncc3F)cc2n1C(C)C. The van der Waals surface area contributed by atoms with E-state index in [-0.39, 0.29) is 48.0 Å². The van der Waals surface area contributed by atoms with Crippen LogP contribution in [0.15, 0.2) is 54.9 Å². The Balaban J connectivity index is 0.761. The standard InChI is InChI=1S/C42H46F2N12O3/c1-25(2)56-26(3)47-39-33(43)19-28(20-35(39)56)38-34(44)22-46-41(50-38)48-36-7-5-31(21-45-36)52-11-8-30(9-12-52)53-16-14-51(15-17-53)23-27-4-6-32-29(18-27)24-55(40(32)58)54-13-10-37(57)49-42(54)59/h4-7,18-22,25,30H,8-17,23-24H2,1-3H3,(H,49,57,59)(H,45,46,48,50). The second-order valence-corrected chi connectivity index (χ2v) is 16.0. The number of benzene rings is 2. The molecule has 4 aliphatic rings. The Kier molecular flexibility index (Phi) is 10.2. The number of piperidine rings is 1. The summed E-state index contributed by atoms with van der Waals surface area (Å²) in [6, 6.07) is 12.8. The van der Waals surface area contributed by atoms with Gasteiger partial charge in [0.15, 0.2) is 11.6 Å². The third-order valence-corrected chi connectivity index (χ3v) is 11.9. The van der Waals surface area contributed by atoms with Crippen molar-refractivity contribution in [3.8, 4) is 11.3 Å². The average Bonchev–Trinajstić information content (AvgIpc) is 3.74. The van der Waals surface area contributed by atoms with Gasteiger partial charge in [-0.1, -0.05) is 12.1 Å². The van der Waals surface area contributed by atoms with Crippen LogP contribution < -0.4 is 15.5 Å². The number of carbonyl (C=O) groups excluding carboxylic acids is 3. The van der Waals surface area contributed by atoms with Crippen LogP contribution >= 0.6 is 0 Å². The molecule has 4 aliphatic heterocycles. The number of hydrazine groups is 1. The Hall–Kier alpha value is -6.07. The van der Waals surface area contributed by atoms with Gasteiger partial charge in [0.05, 0.1) is 36.7 Å².